The number of aliphatic hydroxyl groups excluding tert-OH is 1. The predicted molar refractivity (Wildman–Crippen MR) is 78.7 cm³/mol. The Labute approximate surface area is 120 Å². The number of benzene rings is 1. The second-order valence-corrected chi connectivity index (χ2v) is 7.18. The molecule has 3 aliphatic rings. The highest BCUT2D eigenvalue weighted by Gasteiger charge is 2.50. The molecule has 0 spiro atoms. The lowest BCUT2D eigenvalue weighted by Gasteiger charge is -2.44. The number of aromatic hydroxyl groups is 1. The molecule has 0 aliphatic heterocycles. The van der Waals surface area contributed by atoms with E-state index in [4.69, 9.17) is 0 Å². The lowest BCUT2D eigenvalue weighted by atomic mass is 9.60. The summed E-state index contributed by atoms with van der Waals surface area (Å²) in [5.74, 6) is 1.44. The maximum absolute atomic E-state index is 10.1. The van der Waals surface area contributed by atoms with E-state index >= 15 is 0 Å². The number of allylic oxidation sites excluding steroid dienone is 2. The molecular formula is C18H22O2. The molecule has 2 saturated carbocycles. The number of rotatable bonds is 0. The van der Waals surface area contributed by atoms with Crippen LogP contribution in [-0.4, -0.2) is 16.3 Å². The van der Waals surface area contributed by atoms with Crippen LogP contribution >= 0.6 is 0 Å². The van der Waals surface area contributed by atoms with Crippen LogP contribution in [-0.2, 0) is 6.42 Å². The van der Waals surface area contributed by atoms with Crippen LogP contribution in [0.2, 0.25) is 0 Å². The quantitative estimate of drug-likeness (QED) is 0.708. The van der Waals surface area contributed by atoms with Gasteiger partial charge in [-0.3, -0.25) is 0 Å². The fraction of sp³-hybridized carbons (Fsp3) is 0.556. The van der Waals surface area contributed by atoms with Gasteiger partial charge in [0.2, 0.25) is 0 Å². The molecular weight excluding hydrogens is 248 g/mol. The standard InChI is InChI=1S/C18H22O2/c1-18-7-6-15-14-5-3-12(19)8-11(14)2-4-16(15)17(18)9-13(20)10-18/h3-5,8,13,15,17,19-20H,2,6-7,9-10H2,1H3/t13-,15?,17?,18-/m1/s1. The predicted octanol–water partition coefficient (Wildman–Crippen LogP) is 3.53. The topological polar surface area (TPSA) is 40.5 Å². The Morgan fingerprint density at radius 1 is 1.30 bits per heavy atom. The minimum absolute atomic E-state index is 0.120. The van der Waals surface area contributed by atoms with Crippen LogP contribution in [0, 0.1) is 11.3 Å². The van der Waals surface area contributed by atoms with Crippen molar-refractivity contribution in [2.45, 2.75) is 51.0 Å². The van der Waals surface area contributed by atoms with Gasteiger partial charge in [-0.1, -0.05) is 24.6 Å². The van der Waals surface area contributed by atoms with Gasteiger partial charge in [0.15, 0.2) is 0 Å². The zero-order valence-electron chi connectivity index (χ0n) is 12.0. The van der Waals surface area contributed by atoms with Crippen molar-refractivity contribution < 1.29 is 10.2 Å². The smallest absolute Gasteiger partial charge is 0.115 e. The molecule has 2 N–H and O–H groups in total. The Balaban J connectivity index is 1.75. The highest BCUT2D eigenvalue weighted by molar-refractivity contribution is 5.47. The number of hydrogen-bond donors (Lipinski definition) is 2. The van der Waals surface area contributed by atoms with Crippen molar-refractivity contribution in [2.24, 2.45) is 11.3 Å². The van der Waals surface area contributed by atoms with E-state index in [1.165, 1.54) is 24.0 Å². The van der Waals surface area contributed by atoms with E-state index in [0.717, 1.165) is 19.3 Å². The van der Waals surface area contributed by atoms with Gasteiger partial charge >= 0.3 is 0 Å². The van der Waals surface area contributed by atoms with Crippen LogP contribution in [0.25, 0.3) is 0 Å². The summed E-state index contributed by atoms with van der Waals surface area (Å²) in [4.78, 5) is 0. The lowest BCUT2D eigenvalue weighted by Crippen LogP contribution is -2.33. The van der Waals surface area contributed by atoms with Gasteiger partial charge in [0.25, 0.3) is 0 Å². The minimum Gasteiger partial charge on any atom is -0.508 e. The molecule has 2 nitrogen and oxygen atoms in total. The second kappa shape index (κ2) is 4.11. The van der Waals surface area contributed by atoms with Gasteiger partial charge < -0.3 is 10.2 Å². The first-order valence-corrected chi connectivity index (χ1v) is 7.77. The maximum atomic E-state index is 10.1. The van der Waals surface area contributed by atoms with E-state index < -0.39 is 0 Å². The zero-order chi connectivity index (χ0) is 13.9. The van der Waals surface area contributed by atoms with E-state index in [2.05, 4.69) is 19.1 Å². The van der Waals surface area contributed by atoms with Crippen LogP contribution in [0.4, 0.5) is 0 Å². The first-order valence-electron chi connectivity index (χ1n) is 7.77. The highest BCUT2D eigenvalue weighted by Crippen LogP contribution is 2.59. The summed E-state index contributed by atoms with van der Waals surface area (Å²) in [6.45, 7) is 2.36. The van der Waals surface area contributed by atoms with E-state index in [9.17, 15) is 10.2 Å². The normalized spacial score (nSPS) is 38.7. The molecule has 1 aromatic rings. The Bertz CT molecular complexity index is 589. The molecule has 0 heterocycles. The molecule has 1 aromatic carbocycles. The fourth-order valence-electron chi connectivity index (χ4n) is 4.98. The summed E-state index contributed by atoms with van der Waals surface area (Å²) in [7, 11) is 0. The summed E-state index contributed by atoms with van der Waals surface area (Å²) < 4.78 is 0. The maximum Gasteiger partial charge on any atom is 0.115 e. The van der Waals surface area contributed by atoms with Gasteiger partial charge in [0.05, 0.1) is 6.10 Å². The van der Waals surface area contributed by atoms with Crippen LogP contribution in [0.3, 0.4) is 0 Å². The van der Waals surface area contributed by atoms with Gasteiger partial charge in [-0.25, -0.2) is 0 Å². The largest absolute Gasteiger partial charge is 0.508 e. The third kappa shape index (κ3) is 1.67. The number of phenolic OH excluding ortho intramolecular Hbond substituents is 1. The van der Waals surface area contributed by atoms with Crippen molar-refractivity contribution in [3.8, 4) is 5.75 Å². The average molecular weight is 270 g/mol. The molecule has 3 aliphatic carbocycles. The Morgan fingerprint density at radius 2 is 2.15 bits per heavy atom. The SMILES string of the molecule is C[C@]12CCC3C(=CCc4cc(O)ccc43)C1C[C@@H](O)C2. The molecule has 20 heavy (non-hydrogen) atoms. The van der Waals surface area contributed by atoms with E-state index in [1.807, 2.05) is 12.1 Å². The molecule has 0 bridgehead atoms. The van der Waals surface area contributed by atoms with Crippen molar-refractivity contribution in [3.05, 3.63) is 41.0 Å². The average Bonchev–Trinajstić information content (AvgIpc) is 2.72. The molecule has 0 amide bonds. The summed E-state index contributed by atoms with van der Waals surface area (Å²) >= 11 is 0. The second-order valence-electron chi connectivity index (χ2n) is 7.18. The summed E-state index contributed by atoms with van der Waals surface area (Å²) in [5.41, 5.74) is 4.55. The molecule has 2 unspecified atom stereocenters. The summed E-state index contributed by atoms with van der Waals surface area (Å²) in [6.07, 6.45) is 7.48. The van der Waals surface area contributed by atoms with Gasteiger partial charge in [0, 0.05) is 5.92 Å². The van der Waals surface area contributed by atoms with Gasteiger partial charge in [-0.05, 0) is 66.7 Å². The first-order chi connectivity index (χ1) is 9.57. The molecule has 106 valence electrons. The third-order valence-electron chi connectivity index (χ3n) is 5.92. The number of aliphatic hydroxyl groups is 1. The molecule has 2 heteroatoms. The van der Waals surface area contributed by atoms with Gasteiger partial charge in [0.1, 0.15) is 5.75 Å². The van der Waals surface area contributed by atoms with E-state index in [0.29, 0.717) is 23.0 Å². The molecule has 0 radical (unpaired) electrons. The molecule has 4 rings (SSSR count). The van der Waals surface area contributed by atoms with Crippen LogP contribution in [0.1, 0.15) is 49.7 Å². The monoisotopic (exact) mass is 270 g/mol. The molecule has 0 aromatic heterocycles. The van der Waals surface area contributed by atoms with E-state index in [-0.39, 0.29) is 6.10 Å². The van der Waals surface area contributed by atoms with Crippen LogP contribution in [0.15, 0.2) is 29.8 Å². The van der Waals surface area contributed by atoms with E-state index in [1.54, 1.807) is 5.57 Å². The summed E-state index contributed by atoms with van der Waals surface area (Å²) in [5, 5.41) is 19.7. The van der Waals surface area contributed by atoms with Gasteiger partial charge in [-0.2, -0.15) is 0 Å². The van der Waals surface area contributed by atoms with Crippen molar-refractivity contribution >= 4 is 0 Å². The van der Waals surface area contributed by atoms with Crippen LogP contribution < -0.4 is 0 Å². The first kappa shape index (κ1) is 12.5. The number of hydrogen-bond acceptors (Lipinski definition) is 2. The minimum atomic E-state index is -0.120. The van der Waals surface area contributed by atoms with Crippen molar-refractivity contribution in [1.29, 1.82) is 0 Å². The highest BCUT2D eigenvalue weighted by atomic mass is 16.3. The number of fused-ring (bicyclic) bond motifs is 5. The molecule has 2 fully saturated rings. The van der Waals surface area contributed by atoms with Crippen molar-refractivity contribution in [2.75, 3.05) is 0 Å². The van der Waals surface area contributed by atoms with Crippen LogP contribution in [0.5, 0.6) is 5.75 Å². The fourth-order valence-corrected chi connectivity index (χ4v) is 4.98. The Kier molecular flexibility index (Phi) is 2.56. The van der Waals surface area contributed by atoms with Gasteiger partial charge in [-0.15, -0.1) is 0 Å². The Morgan fingerprint density at radius 3 is 3.00 bits per heavy atom. The van der Waals surface area contributed by atoms with Crippen molar-refractivity contribution in [3.63, 3.8) is 0 Å². The number of phenols is 1. The lowest BCUT2D eigenvalue weighted by molar-refractivity contribution is 0.151. The zero-order valence-corrected chi connectivity index (χ0v) is 12.0. The molecule has 4 atom stereocenters. The Hall–Kier alpha value is -1.28. The molecule has 0 saturated heterocycles. The van der Waals surface area contributed by atoms with Crippen molar-refractivity contribution in [1.82, 2.24) is 0 Å². The summed E-state index contributed by atoms with van der Waals surface area (Å²) in [6, 6.07) is 5.84. The third-order valence-corrected chi connectivity index (χ3v) is 5.92.